The fourth-order valence-electron chi connectivity index (χ4n) is 2.33. The van der Waals surface area contributed by atoms with Crippen LogP contribution in [0.3, 0.4) is 0 Å². The highest BCUT2D eigenvalue weighted by molar-refractivity contribution is 9.10. The Kier molecular flexibility index (Phi) is 7.48. The largest absolute Gasteiger partial charge is 0.493 e. The summed E-state index contributed by atoms with van der Waals surface area (Å²) in [7, 11) is 1.53. The van der Waals surface area contributed by atoms with E-state index in [-0.39, 0.29) is 5.91 Å². The van der Waals surface area contributed by atoms with E-state index in [4.69, 9.17) is 15.2 Å². The number of amides is 3. The van der Waals surface area contributed by atoms with Crippen molar-refractivity contribution in [3.05, 3.63) is 52.0 Å². The molecule has 0 atom stereocenters. The summed E-state index contributed by atoms with van der Waals surface area (Å²) in [4.78, 5) is 23.3. The summed E-state index contributed by atoms with van der Waals surface area (Å²) in [6.45, 7) is 2.91. The Labute approximate surface area is 166 Å². The number of halogens is 1. The van der Waals surface area contributed by atoms with Crippen molar-refractivity contribution in [1.29, 1.82) is 0 Å². The number of carbonyl (C=O) groups is 2. The van der Waals surface area contributed by atoms with Crippen LogP contribution in [-0.4, -0.2) is 25.7 Å². The zero-order valence-corrected chi connectivity index (χ0v) is 16.8. The zero-order valence-electron chi connectivity index (χ0n) is 15.2. The summed E-state index contributed by atoms with van der Waals surface area (Å²) in [5.41, 5.74) is 7.00. The third kappa shape index (κ3) is 5.89. The van der Waals surface area contributed by atoms with Crippen molar-refractivity contribution in [3.63, 3.8) is 0 Å². The summed E-state index contributed by atoms with van der Waals surface area (Å²) in [6, 6.07) is 9.74. The molecular formula is C19H22BrN3O4. The minimum absolute atomic E-state index is 0.240. The van der Waals surface area contributed by atoms with Gasteiger partial charge >= 0.3 is 6.03 Å². The van der Waals surface area contributed by atoms with Gasteiger partial charge in [-0.15, -0.1) is 0 Å². The lowest BCUT2D eigenvalue weighted by molar-refractivity contribution is 0.0950. The topological polar surface area (TPSA) is 103 Å². The van der Waals surface area contributed by atoms with Crippen LogP contribution >= 0.6 is 15.9 Å². The van der Waals surface area contributed by atoms with E-state index < -0.39 is 6.03 Å². The van der Waals surface area contributed by atoms with Crippen molar-refractivity contribution in [2.45, 2.75) is 19.9 Å². The predicted octanol–water partition coefficient (Wildman–Crippen LogP) is 3.67. The van der Waals surface area contributed by atoms with Gasteiger partial charge in [-0.2, -0.15) is 0 Å². The van der Waals surface area contributed by atoms with Crippen LogP contribution < -0.4 is 25.8 Å². The number of carbonyl (C=O) groups excluding carboxylic acids is 2. The van der Waals surface area contributed by atoms with Crippen molar-refractivity contribution >= 4 is 33.6 Å². The van der Waals surface area contributed by atoms with E-state index in [1.807, 2.05) is 6.92 Å². The number of nitrogens with two attached hydrogens (primary N) is 1. The van der Waals surface area contributed by atoms with Crippen LogP contribution in [0, 0.1) is 0 Å². The van der Waals surface area contributed by atoms with Gasteiger partial charge in [0.1, 0.15) is 0 Å². The van der Waals surface area contributed by atoms with Gasteiger partial charge in [-0.1, -0.05) is 19.1 Å². The fraction of sp³-hybridized carbons (Fsp3) is 0.263. The molecule has 4 N–H and O–H groups in total. The van der Waals surface area contributed by atoms with E-state index in [0.717, 1.165) is 12.0 Å². The first-order valence-electron chi connectivity index (χ1n) is 8.38. The maximum atomic E-state index is 12.5. The van der Waals surface area contributed by atoms with Gasteiger partial charge in [0.2, 0.25) is 0 Å². The van der Waals surface area contributed by atoms with Crippen LogP contribution in [0.1, 0.15) is 29.3 Å². The normalized spacial score (nSPS) is 10.2. The lowest BCUT2D eigenvalue weighted by Gasteiger charge is -2.14. The molecule has 0 unspecified atom stereocenters. The molecule has 0 saturated heterocycles. The molecule has 0 fully saturated rings. The Morgan fingerprint density at radius 2 is 1.89 bits per heavy atom. The molecule has 0 aliphatic carbocycles. The summed E-state index contributed by atoms with van der Waals surface area (Å²) < 4.78 is 11.7. The van der Waals surface area contributed by atoms with Crippen LogP contribution in [0.5, 0.6) is 11.5 Å². The van der Waals surface area contributed by atoms with Gasteiger partial charge in [0.15, 0.2) is 11.5 Å². The van der Waals surface area contributed by atoms with Crippen molar-refractivity contribution in [2.24, 2.45) is 5.73 Å². The Bertz CT molecular complexity index is 809. The first-order valence-corrected chi connectivity index (χ1v) is 9.17. The highest BCUT2D eigenvalue weighted by atomic mass is 79.9. The second-order valence-electron chi connectivity index (χ2n) is 5.71. The molecule has 0 aromatic heterocycles. The first kappa shape index (κ1) is 20.6. The molecule has 0 heterocycles. The average molecular weight is 436 g/mol. The van der Waals surface area contributed by atoms with Crippen LogP contribution in [0.25, 0.3) is 0 Å². The monoisotopic (exact) mass is 435 g/mol. The van der Waals surface area contributed by atoms with Crippen LogP contribution in [0.15, 0.2) is 40.9 Å². The predicted molar refractivity (Wildman–Crippen MR) is 107 cm³/mol. The molecule has 0 saturated carbocycles. The van der Waals surface area contributed by atoms with E-state index in [2.05, 4.69) is 26.6 Å². The minimum atomic E-state index is -0.623. The van der Waals surface area contributed by atoms with Crippen molar-refractivity contribution in [1.82, 2.24) is 5.32 Å². The molecule has 0 spiro atoms. The lowest BCUT2D eigenvalue weighted by atomic mass is 10.1. The lowest BCUT2D eigenvalue weighted by Crippen LogP contribution is -2.23. The van der Waals surface area contributed by atoms with Gasteiger partial charge in [0, 0.05) is 17.8 Å². The van der Waals surface area contributed by atoms with Crippen molar-refractivity contribution < 1.29 is 19.1 Å². The van der Waals surface area contributed by atoms with E-state index in [1.165, 1.54) is 7.11 Å². The van der Waals surface area contributed by atoms with Gasteiger partial charge in [-0.05, 0) is 52.2 Å². The smallest absolute Gasteiger partial charge is 0.316 e. The molecule has 3 amide bonds. The third-order valence-electron chi connectivity index (χ3n) is 3.62. The van der Waals surface area contributed by atoms with E-state index in [0.29, 0.717) is 40.4 Å². The maximum absolute atomic E-state index is 12.5. The van der Waals surface area contributed by atoms with Gasteiger partial charge in [-0.3, -0.25) is 4.79 Å². The number of hydrogen-bond acceptors (Lipinski definition) is 4. The Hall–Kier alpha value is -2.74. The Balaban J connectivity index is 2.05. The highest BCUT2D eigenvalue weighted by Crippen LogP contribution is 2.36. The SMILES string of the molecule is CCCOc1c(Br)cc(C(=O)NCc2ccc(NC(N)=O)cc2)cc1OC. The number of nitrogens with one attached hydrogen (secondary N) is 2. The number of methoxy groups -OCH3 is 1. The molecule has 0 radical (unpaired) electrons. The summed E-state index contributed by atoms with van der Waals surface area (Å²) in [6.07, 6.45) is 0.867. The molecule has 8 heteroatoms. The molecule has 2 aromatic rings. The van der Waals surface area contributed by atoms with Crippen molar-refractivity contribution in [2.75, 3.05) is 19.0 Å². The molecule has 144 valence electrons. The first-order chi connectivity index (χ1) is 12.9. The quantitative estimate of drug-likeness (QED) is 0.588. The highest BCUT2D eigenvalue weighted by Gasteiger charge is 2.15. The summed E-state index contributed by atoms with van der Waals surface area (Å²) in [5.74, 6) is 0.827. The van der Waals surface area contributed by atoms with Crippen LogP contribution in [0.4, 0.5) is 10.5 Å². The van der Waals surface area contributed by atoms with Gasteiger partial charge in [0.05, 0.1) is 18.2 Å². The van der Waals surface area contributed by atoms with Crippen LogP contribution in [-0.2, 0) is 6.54 Å². The summed E-state index contributed by atoms with van der Waals surface area (Å²) >= 11 is 3.43. The molecule has 0 aliphatic heterocycles. The molecule has 7 nitrogen and oxygen atoms in total. The average Bonchev–Trinajstić information content (AvgIpc) is 2.65. The van der Waals surface area contributed by atoms with Crippen molar-refractivity contribution in [3.8, 4) is 11.5 Å². The number of hydrogen-bond donors (Lipinski definition) is 3. The summed E-state index contributed by atoms with van der Waals surface area (Å²) in [5, 5.41) is 5.33. The third-order valence-corrected chi connectivity index (χ3v) is 4.21. The minimum Gasteiger partial charge on any atom is -0.493 e. The van der Waals surface area contributed by atoms with Gasteiger partial charge < -0.3 is 25.8 Å². The second-order valence-corrected chi connectivity index (χ2v) is 6.56. The Morgan fingerprint density at radius 3 is 2.48 bits per heavy atom. The number of anilines is 1. The van der Waals surface area contributed by atoms with Crippen LogP contribution in [0.2, 0.25) is 0 Å². The Morgan fingerprint density at radius 1 is 1.19 bits per heavy atom. The van der Waals surface area contributed by atoms with E-state index >= 15 is 0 Å². The number of benzene rings is 2. The molecular weight excluding hydrogens is 414 g/mol. The number of rotatable bonds is 8. The molecule has 0 aliphatic rings. The number of urea groups is 1. The second kappa shape index (κ2) is 9.82. The van der Waals surface area contributed by atoms with E-state index in [1.54, 1.807) is 36.4 Å². The molecule has 0 bridgehead atoms. The zero-order chi connectivity index (χ0) is 19.8. The van der Waals surface area contributed by atoms with E-state index in [9.17, 15) is 9.59 Å². The van der Waals surface area contributed by atoms with Gasteiger partial charge in [0.25, 0.3) is 5.91 Å². The standard InChI is InChI=1S/C19H22BrN3O4/c1-3-8-27-17-15(20)9-13(10-16(17)26-2)18(24)22-11-12-4-6-14(7-5-12)23-19(21)25/h4-7,9-10H,3,8,11H2,1-2H3,(H,22,24)(H3,21,23,25). The fourth-order valence-corrected chi connectivity index (χ4v) is 2.88. The maximum Gasteiger partial charge on any atom is 0.316 e. The van der Waals surface area contributed by atoms with Gasteiger partial charge in [-0.25, -0.2) is 4.79 Å². The molecule has 27 heavy (non-hydrogen) atoms. The molecule has 2 rings (SSSR count). The number of ether oxygens (including phenoxy) is 2. The number of primary amides is 1. The molecule has 2 aromatic carbocycles.